The number of halogens is 1. The molecule has 6 nitrogen and oxygen atoms in total. The molecular formula is C24H17ClN2O4S2. The summed E-state index contributed by atoms with van der Waals surface area (Å²) in [4.78, 5) is 33.1. The van der Waals surface area contributed by atoms with Crippen LogP contribution in [0.2, 0.25) is 5.02 Å². The zero-order valence-corrected chi connectivity index (χ0v) is 19.7. The van der Waals surface area contributed by atoms with Gasteiger partial charge in [0, 0.05) is 15.5 Å². The number of carbonyl (C=O) groups is 2. The largest absolute Gasteiger partial charge is 0.507 e. The lowest BCUT2D eigenvalue weighted by atomic mass is 10.00. The Morgan fingerprint density at radius 1 is 1.18 bits per heavy atom. The first-order chi connectivity index (χ1) is 16.0. The van der Waals surface area contributed by atoms with Gasteiger partial charge in [0.05, 0.1) is 22.4 Å². The molecule has 1 unspecified atom stereocenters. The summed E-state index contributed by atoms with van der Waals surface area (Å²) < 4.78 is 6.40. The van der Waals surface area contributed by atoms with Crippen LogP contribution in [0.5, 0.6) is 5.75 Å². The van der Waals surface area contributed by atoms with Gasteiger partial charge >= 0.3 is 5.91 Å². The Labute approximate surface area is 202 Å². The number of Topliss-reactive ketones (excluding diaryl/α,β-unsaturated/α-hetero) is 1. The van der Waals surface area contributed by atoms with Gasteiger partial charge in [0.15, 0.2) is 5.13 Å². The number of hydrogen-bond donors (Lipinski definition) is 1. The topological polar surface area (TPSA) is 79.7 Å². The molecule has 0 saturated carbocycles. The van der Waals surface area contributed by atoms with Crippen LogP contribution in [0.4, 0.5) is 5.13 Å². The molecule has 3 heterocycles. The number of nitrogens with zero attached hydrogens (tertiary/aromatic N) is 2. The van der Waals surface area contributed by atoms with E-state index in [9.17, 15) is 14.7 Å². The van der Waals surface area contributed by atoms with Crippen molar-refractivity contribution >= 4 is 67.1 Å². The quantitative estimate of drug-likeness (QED) is 0.207. The number of amides is 1. The summed E-state index contributed by atoms with van der Waals surface area (Å²) in [5.74, 6) is -1.02. The minimum Gasteiger partial charge on any atom is -0.507 e. The molecule has 1 fully saturated rings. The van der Waals surface area contributed by atoms with Gasteiger partial charge in [-0.05, 0) is 60.8 Å². The Morgan fingerprint density at radius 2 is 1.97 bits per heavy atom. The van der Waals surface area contributed by atoms with E-state index >= 15 is 0 Å². The zero-order valence-electron chi connectivity index (χ0n) is 17.3. The van der Waals surface area contributed by atoms with Gasteiger partial charge in [0.2, 0.25) is 0 Å². The molecular weight excluding hydrogens is 480 g/mol. The monoisotopic (exact) mass is 496 g/mol. The first-order valence-electron chi connectivity index (χ1n) is 10.1. The highest BCUT2D eigenvalue weighted by Crippen LogP contribution is 2.45. The molecule has 0 bridgehead atoms. The highest BCUT2D eigenvalue weighted by atomic mass is 35.5. The molecule has 33 heavy (non-hydrogen) atoms. The molecule has 5 rings (SSSR count). The van der Waals surface area contributed by atoms with E-state index in [-0.39, 0.29) is 11.3 Å². The van der Waals surface area contributed by atoms with Crippen LogP contribution < -0.4 is 9.64 Å². The Morgan fingerprint density at radius 3 is 2.67 bits per heavy atom. The molecule has 1 amide bonds. The second kappa shape index (κ2) is 8.62. The molecule has 9 heteroatoms. The number of aliphatic hydroxyl groups is 1. The van der Waals surface area contributed by atoms with Gasteiger partial charge in [-0.1, -0.05) is 29.0 Å². The number of ketones is 1. The molecule has 2 aromatic carbocycles. The molecule has 0 aliphatic carbocycles. The molecule has 0 radical (unpaired) electrons. The van der Waals surface area contributed by atoms with Crippen LogP contribution in [0.25, 0.3) is 16.0 Å². The SMILES string of the molecule is CCOc1ccc2nc(N3C(=O)C(=O)C(=C(O)c4ccc(Cl)cc4)C3c3cccs3)sc2c1. The minimum atomic E-state index is -0.785. The van der Waals surface area contributed by atoms with Crippen LogP contribution in [-0.4, -0.2) is 28.4 Å². The summed E-state index contributed by atoms with van der Waals surface area (Å²) in [7, 11) is 0. The van der Waals surface area contributed by atoms with E-state index in [1.54, 1.807) is 24.3 Å². The smallest absolute Gasteiger partial charge is 0.301 e. The van der Waals surface area contributed by atoms with Crippen LogP contribution in [-0.2, 0) is 9.59 Å². The van der Waals surface area contributed by atoms with Gasteiger partial charge in [-0.25, -0.2) is 4.98 Å². The van der Waals surface area contributed by atoms with E-state index in [0.29, 0.717) is 33.6 Å². The highest BCUT2D eigenvalue weighted by Gasteiger charge is 2.48. The number of carbonyl (C=O) groups excluding carboxylic acids is 2. The van der Waals surface area contributed by atoms with Crippen molar-refractivity contribution in [2.75, 3.05) is 11.5 Å². The molecule has 1 saturated heterocycles. The number of hydrogen-bond acceptors (Lipinski definition) is 7. The maximum atomic E-state index is 13.2. The van der Waals surface area contributed by atoms with Crippen molar-refractivity contribution in [2.24, 2.45) is 0 Å². The number of rotatable bonds is 5. The lowest BCUT2D eigenvalue weighted by Crippen LogP contribution is -2.28. The molecule has 0 spiro atoms. The summed E-state index contributed by atoms with van der Waals surface area (Å²) in [6.07, 6.45) is 0. The van der Waals surface area contributed by atoms with E-state index in [4.69, 9.17) is 16.3 Å². The lowest BCUT2D eigenvalue weighted by molar-refractivity contribution is -0.132. The number of thiazole rings is 1. The summed E-state index contributed by atoms with van der Waals surface area (Å²) in [5, 5.41) is 13.8. The van der Waals surface area contributed by atoms with Gasteiger partial charge < -0.3 is 9.84 Å². The number of fused-ring (bicyclic) bond motifs is 1. The molecule has 1 aliphatic heterocycles. The van der Waals surface area contributed by atoms with Crippen LogP contribution in [0.1, 0.15) is 23.4 Å². The predicted octanol–water partition coefficient (Wildman–Crippen LogP) is 6.04. The van der Waals surface area contributed by atoms with Gasteiger partial charge in [0.25, 0.3) is 5.78 Å². The number of anilines is 1. The average molecular weight is 497 g/mol. The second-order valence-corrected chi connectivity index (χ2v) is 9.68. The normalized spacial score (nSPS) is 17.8. The lowest BCUT2D eigenvalue weighted by Gasteiger charge is -2.21. The van der Waals surface area contributed by atoms with E-state index in [1.165, 1.54) is 27.6 Å². The number of ether oxygens (including phenoxy) is 1. The van der Waals surface area contributed by atoms with Crippen LogP contribution in [0.3, 0.4) is 0 Å². The Bertz CT molecular complexity index is 1390. The third kappa shape index (κ3) is 3.80. The van der Waals surface area contributed by atoms with Crippen molar-refractivity contribution in [3.8, 4) is 5.75 Å². The van der Waals surface area contributed by atoms with Crippen molar-refractivity contribution in [1.29, 1.82) is 0 Å². The second-order valence-electron chi connectivity index (χ2n) is 7.25. The first-order valence-corrected chi connectivity index (χ1v) is 12.2. The summed E-state index contributed by atoms with van der Waals surface area (Å²) >= 11 is 8.67. The van der Waals surface area contributed by atoms with Crippen molar-refractivity contribution in [3.05, 3.63) is 81.0 Å². The van der Waals surface area contributed by atoms with E-state index in [1.807, 2.05) is 42.6 Å². The maximum absolute atomic E-state index is 13.2. The molecule has 1 atom stereocenters. The van der Waals surface area contributed by atoms with Crippen molar-refractivity contribution in [1.82, 2.24) is 4.98 Å². The number of benzene rings is 2. The van der Waals surface area contributed by atoms with Crippen molar-refractivity contribution in [3.63, 3.8) is 0 Å². The van der Waals surface area contributed by atoms with Crippen molar-refractivity contribution < 1.29 is 19.4 Å². The third-order valence-electron chi connectivity index (χ3n) is 5.24. The molecule has 1 N–H and O–H groups in total. The minimum absolute atomic E-state index is 0.0269. The van der Waals surface area contributed by atoms with E-state index in [2.05, 4.69) is 4.98 Å². The molecule has 166 valence electrons. The fraction of sp³-hybridized carbons (Fsp3) is 0.125. The van der Waals surface area contributed by atoms with Gasteiger partial charge in [-0.15, -0.1) is 11.3 Å². The highest BCUT2D eigenvalue weighted by molar-refractivity contribution is 7.22. The number of aromatic nitrogens is 1. The van der Waals surface area contributed by atoms with Crippen LogP contribution >= 0.6 is 34.3 Å². The summed E-state index contributed by atoms with van der Waals surface area (Å²) in [5.41, 5.74) is 1.13. The number of thiophene rings is 1. The van der Waals surface area contributed by atoms with Crippen LogP contribution in [0.15, 0.2) is 65.6 Å². The third-order valence-corrected chi connectivity index (χ3v) is 7.43. The Balaban J connectivity index is 1.66. The average Bonchev–Trinajstić information content (AvgIpc) is 3.53. The fourth-order valence-corrected chi connectivity index (χ4v) is 5.73. The van der Waals surface area contributed by atoms with Gasteiger partial charge in [0.1, 0.15) is 17.6 Å². The van der Waals surface area contributed by atoms with Gasteiger partial charge in [-0.2, -0.15) is 0 Å². The van der Waals surface area contributed by atoms with E-state index in [0.717, 1.165) is 9.58 Å². The Hall–Kier alpha value is -3.20. The van der Waals surface area contributed by atoms with Crippen LogP contribution in [0, 0.1) is 0 Å². The standard InChI is InChI=1S/C24H17ClN2O4S2/c1-2-31-15-9-10-16-18(12-15)33-24(26-16)27-20(17-4-3-11-32-17)19(22(29)23(27)30)21(28)13-5-7-14(25)8-6-13/h3-12,20,28H,2H2,1H3. The molecule has 4 aromatic rings. The van der Waals surface area contributed by atoms with E-state index < -0.39 is 17.7 Å². The summed E-state index contributed by atoms with van der Waals surface area (Å²) in [6, 6.07) is 14.9. The molecule has 2 aromatic heterocycles. The number of aliphatic hydroxyl groups excluding tert-OH is 1. The molecule has 1 aliphatic rings. The first kappa shape index (κ1) is 21.6. The van der Waals surface area contributed by atoms with Crippen molar-refractivity contribution in [2.45, 2.75) is 13.0 Å². The zero-order chi connectivity index (χ0) is 23.1. The predicted molar refractivity (Wildman–Crippen MR) is 131 cm³/mol. The Kier molecular flexibility index (Phi) is 5.65. The maximum Gasteiger partial charge on any atom is 0.301 e. The fourth-order valence-electron chi connectivity index (χ4n) is 3.76. The van der Waals surface area contributed by atoms with Gasteiger partial charge in [-0.3, -0.25) is 14.5 Å². The summed E-state index contributed by atoms with van der Waals surface area (Å²) in [6.45, 7) is 2.44.